The molecule has 7 heteroatoms. The minimum absolute atomic E-state index is 0. The van der Waals surface area contributed by atoms with E-state index in [1.807, 2.05) is 17.8 Å². The van der Waals surface area contributed by atoms with Gasteiger partial charge in [-0.3, -0.25) is 9.67 Å². The molecular weight excluding hydrogens is 369 g/mol. The Bertz CT molecular complexity index is 381. The van der Waals surface area contributed by atoms with Crippen LogP contribution in [-0.2, 0) is 18.3 Å². The monoisotopic (exact) mass is 395 g/mol. The summed E-state index contributed by atoms with van der Waals surface area (Å²) in [5.74, 6) is 0.778. The van der Waals surface area contributed by atoms with Gasteiger partial charge in [0.05, 0.1) is 18.8 Å². The first kappa shape index (κ1) is 19.2. The van der Waals surface area contributed by atoms with E-state index >= 15 is 0 Å². The largest absolute Gasteiger partial charge is 0.380 e. The van der Waals surface area contributed by atoms with E-state index in [9.17, 15) is 0 Å². The standard InChI is InChI=1S/C13H25N5O.HI/c1-4-5-9-19-10-8-15-13(14-2)16-11-12-6-7-17-18(12)3;/h6-7H,4-5,8-11H2,1-3H3,(H2,14,15,16);1H. The van der Waals surface area contributed by atoms with Crippen LogP contribution in [0.2, 0.25) is 0 Å². The lowest BCUT2D eigenvalue weighted by molar-refractivity contribution is 0.136. The van der Waals surface area contributed by atoms with Crippen molar-refractivity contribution in [1.82, 2.24) is 20.4 Å². The molecule has 0 unspecified atom stereocenters. The lowest BCUT2D eigenvalue weighted by atomic mass is 10.4. The van der Waals surface area contributed by atoms with Gasteiger partial charge in [0.15, 0.2) is 5.96 Å². The Balaban J connectivity index is 0.00000361. The molecule has 1 heterocycles. The molecule has 0 saturated heterocycles. The molecule has 0 aliphatic rings. The maximum absolute atomic E-state index is 5.48. The van der Waals surface area contributed by atoms with Crippen molar-refractivity contribution in [3.63, 3.8) is 0 Å². The first-order valence-corrected chi connectivity index (χ1v) is 6.77. The quantitative estimate of drug-likeness (QED) is 0.303. The molecule has 1 aromatic heterocycles. The number of guanidine groups is 1. The molecule has 0 radical (unpaired) electrons. The van der Waals surface area contributed by atoms with Crippen molar-refractivity contribution >= 4 is 29.9 Å². The van der Waals surface area contributed by atoms with Crippen molar-refractivity contribution < 1.29 is 4.74 Å². The highest BCUT2D eigenvalue weighted by Crippen LogP contribution is 1.94. The maximum atomic E-state index is 5.48. The van der Waals surface area contributed by atoms with Crippen molar-refractivity contribution in [1.29, 1.82) is 0 Å². The van der Waals surface area contributed by atoms with Crippen molar-refractivity contribution in [2.45, 2.75) is 26.3 Å². The van der Waals surface area contributed by atoms with E-state index in [0.717, 1.165) is 31.2 Å². The summed E-state index contributed by atoms with van der Waals surface area (Å²) in [6.45, 7) is 5.15. The Hall–Kier alpha value is -0.830. The van der Waals surface area contributed by atoms with Gasteiger partial charge in [0, 0.05) is 33.4 Å². The summed E-state index contributed by atoms with van der Waals surface area (Å²) < 4.78 is 7.32. The van der Waals surface area contributed by atoms with Gasteiger partial charge >= 0.3 is 0 Å². The van der Waals surface area contributed by atoms with Crippen LogP contribution < -0.4 is 10.6 Å². The summed E-state index contributed by atoms with van der Waals surface area (Å²) >= 11 is 0. The molecule has 0 spiro atoms. The van der Waals surface area contributed by atoms with Crippen LogP contribution in [0.1, 0.15) is 25.5 Å². The zero-order chi connectivity index (χ0) is 13.9. The number of nitrogens with one attached hydrogen (secondary N) is 2. The zero-order valence-corrected chi connectivity index (χ0v) is 14.9. The predicted octanol–water partition coefficient (Wildman–Crippen LogP) is 1.52. The predicted molar refractivity (Wildman–Crippen MR) is 92.6 cm³/mol. The Kier molecular flexibility index (Phi) is 11.5. The lowest BCUT2D eigenvalue weighted by Crippen LogP contribution is -2.38. The van der Waals surface area contributed by atoms with Crippen LogP contribution in [0, 0.1) is 0 Å². The molecule has 0 amide bonds. The molecule has 20 heavy (non-hydrogen) atoms. The van der Waals surface area contributed by atoms with Crippen molar-refractivity contribution in [2.75, 3.05) is 26.8 Å². The van der Waals surface area contributed by atoms with Gasteiger partial charge in [-0.2, -0.15) is 5.10 Å². The Labute approximate surface area is 138 Å². The zero-order valence-electron chi connectivity index (χ0n) is 12.6. The first-order chi connectivity index (χ1) is 9.27. The van der Waals surface area contributed by atoms with E-state index < -0.39 is 0 Å². The minimum atomic E-state index is 0. The van der Waals surface area contributed by atoms with E-state index in [1.165, 1.54) is 6.42 Å². The highest BCUT2D eigenvalue weighted by Gasteiger charge is 2.00. The van der Waals surface area contributed by atoms with Gasteiger partial charge in [-0.25, -0.2) is 0 Å². The summed E-state index contributed by atoms with van der Waals surface area (Å²) in [6.07, 6.45) is 4.07. The van der Waals surface area contributed by atoms with Gasteiger partial charge in [-0.1, -0.05) is 13.3 Å². The molecule has 116 valence electrons. The molecule has 0 aliphatic heterocycles. The number of aliphatic imine (C=N–C) groups is 1. The first-order valence-electron chi connectivity index (χ1n) is 6.77. The number of hydrogen-bond acceptors (Lipinski definition) is 3. The lowest BCUT2D eigenvalue weighted by Gasteiger charge is -2.12. The second-order valence-electron chi connectivity index (χ2n) is 4.26. The van der Waals surface area contributed by atoms with Gasteiger partial charge in [-0.15, -0.1) is 24.0 Å². The number of hydrogen-bond donors (Lipinski definition) is 2. The van der Waals surface area contributed by atoms with Gasteiger partial charge < -0.3 is 15.4 Å². The summed E-state index contributed by atoms with van der Waals surface area (Å²) in [7, 11) is 3.69. The fourth-order valence-electron chi connectivity index (χ4n) is 1.56. The van der Waals surface area contributed by atoms with Crippen LogP contribution in [-0.4, -0.2) is 42.5 Å². The SMILES string of the molecule is CCCCOCCNC(=NC)NCc1ccnn1C.I. The third-order valence-electron chi connectivity index (χ3n) is 2.76. The molecule has 0 saturated carbocycles. The smallest absolute Gasteiger partial charge is 0.191 e. The Morgan fingerprint density at radius 1 is 1.40 bits per heavy atom. The Morgan fingerprint density at radius 2 is 2.20 bits per heavy atom. The molecule has 1 rings (SSSR count). The van der Waals surface area contributed by atoms with E-state index in [2.05, 4.69) is 27.6 Å². The molecule has 0 aliphatic carbocycles. The second kappa shape index (κ2) is 12.0. The summed E-state index contributed by atoms with van der Waals surface area (Å²) in [6, 6.07) is 1.98. The molecule has 1 aromatic rings. The Morgan fingerprint density at radius 3 is 2.80 bits per heavy atom. The van der Waals surface area contributed by atoms with Gasteiger partial charge in [-0.05, 0) is 12.5 Å². The van der Waals surface area contributed by atoms with E-state index in [0.29, 0.717) is 13.2 Å². The minimum Gasteiger partial charge on any atom is -0.380 e. The summed E-state index contributed by atoms with van der Waals surface area (Å²) in [5.41, 5.74) is 1.11. The van der Waals surface area contributed by atoms with Crippen LogP contribution >= 0.6 is 24.0 Å². The number of unbranched alkanes of at least 4 members (excludes halogenated alkanes) is 1. The topological polar surface area (TPSA) is 63.5 Å². The van der Waals surface area contributed by atoms with Crippen LogP contribution in [0.25, 0.3) is 0 Å². The third-order valence-corrected chi connectivity index (χ3v) is 2.76. The molecule has 0 atom stereocenters. The maximum Gasteiger partial charge on any atom is 0.191 e. The molecule has 0 bridgehead atoms. The number of rotatable bonds is 8. The highest BCUT2D eigenvalue weighted by molar-refractivity contribution is 14.0. The number of aryl methyl sites for hydroxylation is 1. The molecule has 2 N–H and O–H groups in total. The number of ether oxygens (including phenoxy) is 1. The summed E-state index contributed by atoms with van der Waals surface area (Å²) in [4.78, 5) is 4.16. The molecular formula is C13H26IN5O. The van der Waals surface area contributed by atoms with Crippen molar-refractivity contribution in [3.05, 3.63) is 18.0 Å². The van der Waals surface area contributed by atoms with Crippen LogP contribution in [0.15, 0.2) is 17.3 Å². The normalized spacial score (nSPS) is 11.1. The van der Waals surface area contributed by atoms with E-state index in [-0.39, 0.29) is 24.0 Å². The van der Waals surface area contributed by atoms with Gasteiger partial charge in [0.2, 0.25) is 0 Å². The molecule has 0 aromatic carbocycles. The van der Waals surface area contributed by atoms with Crippen molar-refractivity contribution in [2.24, 2.45) is 12.0 Å². The van der Waals surface area contributed by atoms with Crippen molar-refractivity contribution in [3.8, 4) is 0 Å². The van der Waals surface area contributed by atoms with Crippen LogP contribution in [0.4, 0.5) is 0 Å². The van der Waals surface area contributed by atoms with E-state index in [4.69, 9.17) is 4.74 Å². The van der Waals surface area contributed by atoms with Crippen LogP contribution in [0.3, 0.4) is 0 Å². The van der Waals surface area contributed by atoms with Crippen LogP contribution in [0.5, 0.6) is 0 Å². The highest BCUT2D eigenvalue weighted by atomic mass is 127. The number of nitrogens with zero attached hydrogens (tertiary/aromatic N) is 3. The number of aromatic nitrogens is 2. The van der Waals surface area contributed by atoms with E-state index in [1.54, 1.807) is 13.2 Å². The average molecular weight is 395 g/mol. The van der Waals surface area contributed by atoms with Gasteiger partial charge in [0.1, 0.15) is 0 Å². The number of halogens is 1. The molecule has 6 nitrogen and oxygen atoms in total. The fourth-order valence-corrected chi connectivity index (χ4v) is 1.56. The van der Waals surface area contributed by atoms with Gasteiger partial charge in [0.25, 0.3) is 0 Å². The molecule has 0 fully saturated rings. The fraction of sp³-hybridized carbons (Fsp3) is 0.692. The second-order valence-corrected chi connectivity index (χ2v) is 4.26. The summed E-state index contributed by atoms with van der Waals surface area (Å²) in [5, 5.41) is 10.6. The third kappa shape index (κ3) is 7.68. The average Bonchev–Trinajstić information content (AvgIpc) is 2.83.